The number of hydrogen-bond acceptors (Lipinski definition) is 4. The average molecular weight is 407 g/mol. The number of ether oxygens (including phenoxy) is 1. The van der Waals surface area contributed by atoms with E-state index >= 15 is 0 Å². The molecule has 0 aliphatic carbocycles. The predicted molar refractivity (Wildman–Crippen MR) is 113 cm³/mol. The van der Waals surface area contributed by atoms with E-state index in [9.17, 15) is 4.79 Å². The fraction of sp³-hybridized carbons (Fsp3) is 0.136. The van der Waals surface area contributed by atoms with Gasteiger partial charge in [-0.2, -0.15) is 10.4 Å². The zero-order valence-corrected chi connectivity index (χ0v) is 16.8. The van der Waals surface area contributed by atoms with Gasteiger partial charge in [0.1, 0.15) is 10.9 Å². The molecule has 7 heteroatoms. The number of anilines is 1. The van der Waals surface area contributed by atoms with E-state index in [1.165, 1.54) is 6.08 Å². The second-order valence-electron chi connectivity index (χ2n) is 6.31. The van der Waals surface area contributed by atoms with Crippen molar-refractivity contribution in [1.82, 2.24) is 9.78 Å². The van der Waals surface area contributed by atoms with Crippen molar-refractivity contribution in [2.45, 2.75) is 13.5 Å². The van der Waals surface area contributed by atoms with Crippen LogP contribution in [0.2, 0.25) is 5.15 Å². The van der Waals surface area contributed by atoms with Crippen molar-refractivity contribution in [3.63, 3.8) is 0 Å². The Labute approximate surface area is 174 Å². The van der Waals surface area contributed by atoms with Gasteiger partial charge in [0.15, 0.2) is 0 Å². The van der Waals surface area contributed by atoms with Crippen molar-refractivity contribution < 1.29 is 9.53 Å². The Morgan fingerprint density at radius 1 is 1.31 bits per heavy atom. The summed E-state index contributed by atoms with van der Waals surface area (Å²) in [6.45, 7) is 2.32. The van der Waals surface area contributed by atoms with E-state index in [-0.39, 0.29) is 5.91 Å². The van der Waals surface area contributed by atoms with E-state index in [0.717, 1.165) is 11.3 Å². The molecular formula is C22H19ClN4O2. The van der Waals surface area contributed by atoms with Crippen molar-refractivity contribution in [2.75, 3.05) is 12.4 Å². The number of rotatable bonds is 6. The van der Waals surface area contributed by atoms with E-state index in [1.807, 2.05) is 37.3 Å². The molecule has 0 saturated heterocycles. The van der Waals surface area contributed by atoms with Gasteiger partial charge in [-0.1, -0.05) is 29.8 Å². The number of nitrogens with one attached hydrogen (secondary N) is 1. The number of nitriles is 1. The Bertz CT molecular complexity index is 1110. The summed E-state index contributed by atoms with van der Waals surface area (Å²) in [7, 11) is 1.62. The Balaban J connectivity index is 1.73. The highest BCUT2D eigenvalue weighted by Crippen LogP contribution is 2.23. The molecule has 0 unspecified atom stereocenters. The molecule has 0 radical (unpaired) electrons. The zero-order chi connectivity index (χ0) is 20.8. The highest BCUT2D eigenvalue weighted by atomic mass is 35.5. The van der Waals surface area contributed by atoms with Crippen molar-refractivity contribution in [1.29, 1.82) is 5.26 Å². The summed E-state index contributed by atoms with van der Waals surface area (Å²) in [5.41, 5.74) is 3.42. The summed E-state index contributed by atoms with van der Waals surface area (Å²) in [6.07, 6.45) is 3.03. The van der Waals surface area contributed by atoms with E-state index in [0.29, 0.717) is 34.2 Å². The lowest BCUT2D eigenvalue weighted by Crippen LogP contribution is -2.07. The molecule has 0 atom stereocenters. The largest absolute Gasteiger partial charge is 0.497 e. The van der Waals surface area contributed by atoms with Crippen LogP contribution in [0.4, 0.5) is 5.69 Å². The lowest BCUT2D eigenvalue weighted by Gasteiger charge is -2.06. The summed E-state index contributed by atoms with van der Waals surface area (Å²) in [5.74, 6) is 0.441. The number of carbonyl (C=O) groups excluding carboxylic acids is 1. The first-order valence-electron chi connectivity index (χ1n) is 8.85. The zero-order valence-electron chi connectivity index (χ0n) is 16.0. The second kappa shape index (κ2) is 9.09. The first-order valence-corrected chi connectivity index (χ1v) is 9.23. The summed E-state index contributed by atoms with van der Waals surface area (Å²) in [4.78, 5) is 12.2. The number of aryl methyl sites for hydroxylation is 1. The molecule has 146 valence electrons. The van der Waals surface area contributed by atoms with Crippen LogP contribution in [-0.4, -0.2) is 22.8 Å². The molecule has 0 saturated carbocycles. The number of carbonyl (C=O) groups is 1. The lowest BCUT2D eigenvalue weighted by atomic mass is 10.2. The molecule has 3 rings (SSSR count). The number of halogens is 1. The van der Waals surface area contributed by atoms with Crippen molar-refractivity contribution in [3.05, 3.63) is 82.1 Å². The van der Waals surface area contributed by atoms with E-state index < -0.39 is 0 Å². The fourth-order valence-electron chi connectivity index (χ4n) is 2.81. The quantitative estimate of drug-likeness (QED) is 0.614. The Morgan fingerprint density at radius 3 is 2.86 bits per heavy atom. The first kappa shape index (κ1) is 20.2. The summed E-state index contributed by atoms with van der Waals surface area (Å²) in [5, 5.41) is 16.6. The van der Waals surface area contributed by atoms with Crippen LogP contribution < -0.4 is 10.1 Å². The third kappa shape index (κ3) is 5.03. The molecule has 6 nitrogen and oxygen atoms in total. The Kier molecular flexibility index (Phi) is 6.32. The molecule has 0 bridgehead atoms. The van der Waals surface area contributed by atoms with Crippen LogP contribution in [0, 0.1) is 18.3 Å². The van der Waals surface area contributed by atoms with E-state index in [2.05, 4.69) is 10.4 Å². The van der Waals surface area contributed by atoms with E-state index in [1.54, 1.807) is 42.1 Å². The number of hydrogen-bond donors (Lipinski definition) is 1. The molecule has 1 amide bonds. The van der Waals surface area contributed by atoms with Crippen LogP contribution in [-0.2, 0) is 11.3 Å². The standard InChI is InChI=1S/C22H19ClN4O2/c1-15-20(9-10-21(28)25-18-7-3-5-16(11-18)13-24)22(23)27(26-15)14-17-6-4-8-19(12-17)29-2/h3-12H,14H2,1-2H3,(H,25,28)/b10-9+. The molecular weight excluding hydrogens is 388 g/mol. The minimum Gasteiger partial charge on any atom is -0.497 e. The maximum Gasteiger partial charge on any atom is 0.248 e. The van der Waals surface area contributed by atoms with E-state index in [4.69, 9.17) is 21.6 Å². The van der Waals surface area contributed by atoms with Gasteiger partial charge < -0.3 is 10.1 Å². The van der Waals surface area contributed by atoms with Gasteiger partial charge in [0.25, 0.3) is 0 Å². The molecule has 3 aromatic rings. The van der Waals surface area contributed by atoms with Gasteiger partial charge in [-0.05, 0) is 48.9 Å². The summed E-state index contributed by atoms with van der Waals surface area (Å²) < 4.78 is 6.92. The van der Waals surface area contributed by atoms with Crippen LogP contribution in [0.3, 0.4) is 0 Å². The van der Waals surface area contributed by atoms with Crippen LogP contribution in [0.25, 0.3) is 6.08 Å². The van der Waals surface area contributed by atoms with Crippen LogP contribution >= 0.6 is 11.6 Å². The molecule has 0 aliphatic heterocycles. The maximum absolute atomic E-state index is 12.2. The molecule has 1 aromatic heterocycles. The molecule has 0 spiro atoms. The minimum absolute atomic E-state index is 0.323. The SMILES string of the molecule is COc1cccc(Cn2nc(C)c(/C=C/C(=O)Nc3cccc(C#N)c3)c2Cl)c1. The van der Waals surface area contributed by atoms with Gasteiger partial charge in [-0.25, -0.2) is 4.68 Å². The first-order chi connectivity index (χ1) is 14.0. The van der Waals surface area contributed by atoms with Gasteiger partial charge in [0.05, 0.1) is 31.0 Å². The second-order valence-corrected chi connectivity index (χ2v) is 6.67. The molecule has 1 N–H and O–H groups in total. The lowest BCUT2D eigenvalue weighted by molar-refractivity contribution is -0.111. The highest BCUT2D eigenvalue weighted by Gasteiger charge is 2.12. The van der Waals surface area contributed by atoms with Crippen molar-refractivity contribution >= 4 is 29.3 Å². The molecule has 0 aliphatic rings. The van der Waals surface area contributed by atoms with Crippen LogP contribution in [0.1, 0.15) is 22.4 Å². The van der Waals surface area contributed by atoms with Crippen LogP contribution in [0.15, 0.2) is 54.6 Å². The normalized spacial score (nSPS) is 10.7. The van der Waals surface area contributed by atoms with Crippen molar-refractivity contribution in [2.24, 2.45) is 0 Å². The number of benzene rings is 2. The Hall–Kier alpha value is -3.56. The van der Waals surface area contributed by atoms with Gasteiger partial charge >= 0.3 is 0 Å². The maximum atomic E-state index is 12.2. The minimum atomic E-state index is -0.323. The van der Waals surface area contributed by atoms with Gasteiger partial charge in [-0.3, -0.25) is 4.79 Å². The van der Waals surface area contributed by atoms with Gasteiger partial charge in [0.2, 0.25) is 5.91 Å². The highest BCUT2D eigenvalue weighted by molar-refractivity contribution is 6.31. The Morgan fingerprint density at radius 2 is 2.10 bits per heavy atom. The molecule has 29 heavy (non-hydrogen) atoms. The summed E-state index contributed by atoms with van der Waals surface area (Å²) >= 11 is 6.49. The molecule has 0 fully saturated rings. The number of nitrogens with zero attached hydrogens (tertiary/aromatic N) is 3. The topological polar surface area (TPSA) is 79.9 Å². The summed E-state index contributed by atoms with van der Waals surface area (Å²) in [6, 6.07) is 16.4. The number of aromatic nitrogens is 2. The van der Waals surface area contributed by atoms with Gasteiger partial charge in [0, 0.05) is 17.3 Å². The van der Waals surface area contributed by atoms with Crippen LogP contribution in [0.5, 0.6) is 5.75 Å². The number of methoxy groups -OCH3 is 1. The predicted octanol–water partition coefficient (Wildman–Crippen LogP) is 4.43. The van der Waals surface area contributed by atoms with Crippen molar-refractivity contribution in [3.8, 4) is 11.8 Å². The fourth-order valence-corrected chi connectivity index (χ4v) is 3.11. The third-order valence-electron chi connectivity index (χ3n) is 4.24. The smallest absolute Gasteiger partial charge is 0.248 e. The molecule has 2 aromatic carbocycles. The number of amides is 1. The average Bonchev–Trinajstić information content (AvgIpc) is 2.99. The monoisotopic (exact) mass is 406 g/mol. The van der Waals surface area contributed by atoms with Gasteiger partial charge in [-0.15, -0.1) is 0 Å². The molecule has 1 heterocycles. The third-order valence-corrected chi connectivity index (χ3v) is 4.64.